The van der Waals surface area contributed by atoms with Crippen molar-refractivity contribution in [3.8, 4) is 0 Å². The highest BCUT2D eigenvalue weighted by atomic mass is 16.6. The Kier molecular flexibility index (Phi) is 5.12. The molecule has 0 spiro atoms. The molecule has 0 aliphatic carbocycles. The predicted octanol–water partition coefficient (Wildman–Crippen LogP) is 2.06. The van der Waals surface area contributed by atoms with E-state index < -0.39 is 6.29 Å². The number of ether oxygens (including phenoxy) is 1. The Morgan fingerprint density at radius 1 is 1.29 bits per heavy atom. The van der Waals surface area contributed by atoms with E-state index in [1.807, 2.05) is 34.9 Å². The van der Waals surface area contributed by atoms with Gasteiger partial charge in [0.1, 0.15) is 5.49 Å². The van der Waals surface area contributed by atoms with Crippen LogP contribution in [0.4, 0.5) is 0 Å². The number of rotatable bonds is 6. The average molecular weight is 289 g/mol. The lowest BCUT2D eigenvalue weighted by atomic mass is 10.1. The van der Waals surface area contributed by atoms with Gasteiger partial charge in [0.15, 0.2) is 6.29 Å². The molecule has 21 heavy (non-hydrogen) atoms. The third-order valence-corrected chi connectivity index (χ3v) is 3.81. The maximum Gasteiger partial charge on any atom is 0.184 e. The van der Waals surface area contributed by atoms with Crippen LogP contribution in [0.15, 0.2) is 30.3 Å². The van der Waals surface area contributed by atoms with E-state index in [9.17, 15) is 5.11 Å². The molecule has 0 aliphatic heterocycles. The van der Waals surface area contributed by atoms with Gasteiger partial charge in [-0.05, 0) is 30.6 Å². The van der Waals surface area contributed by atoms with Gasteiger partial charge in [-0.25, -0.2) is 0 Å². The highest BCUT2D eigenvalue weighted by molar-refractivity contribution is 5.79. The summed E-state index contributed by atoms with van der Waals surface area (Å²) in [7, 11) is 1.44. The highest BCUT2D eigenvalue weighted by Gasteiger charge is 2.14. The summed E-state index contributed by atoms with van der Waals surface area (Å²) in [5, 5.41) is 19.4. The molecule has 1 aromatic heterocycles. The van der Waals surface area contributed by atoms with Gasteiger partial charge in [0, 0.05) is 7.11 Å². The van der Waals surface area contributed by atoms with Crippen LogP contribution in [0.3, 0.4) is 0 Å². The maximum absolute atomic E-state index is 9.97. The Hall–Kier alpha value is -1.69. The number of fused-ring (bicyclic) bond motifs is 1. The molecule has 0 bridgehead atoms. The van der Waals surface area contributed by atoms with E-state index in [1.165, 1.54) is 7.11 Å². The van der Waals surface area contributed by atoms with Crippen LogP contribution in [0.5, 0.6) is 0 Å². The zero-order chi connectivity index (χ0) is 15.4. The standard InChI is InChI=1S/C16H23N3O2/c1-4-18(5-2)11-19-14-9-7-6-8-12(14)10-13(15(19)17)16(20)21-3/h6-10,16-17,20H,4-5,11H2,1-3H3. The lowest BCUT2D eigenvalue weighted by Crippen LogP contribution is -2.34. The van der Waals surface area contributed by atoms with Crippen LogP contribution in [0.25, 0.3) is 10.9 Å². The van der Waals surface area contributed by atoms with E-state index in [4.69, 9.17) is 10.1 Å². The number of nitrogens with zero attached hydrogens (tertiary/aromatic N) is 2. The number of aliphatic hydroxyl groups excluding tert-OH is 1. The molecule has 2 N–H and O–H groups in total. The van der Waals surface area contributed by atoms with Crippen molar-refractivity contribution in [2.75, 3.05) is 20.2 Å². The fraction of sp³-hybridized carbons (Fsp3) is 0.438. The number of aliphatic hydroxyl groups is 1. The summed E-state index contributed by atoms with van der Waals surface area (Å²) in [4.78, 5) is 2.23. The summed E-state index contributed by atoms with van der Waals surface area (Å²) in [6, 6.07) is 9.73. The Balaban J connectivity index is 2.64. The Bertz CT molecular complexity index is 662. The molecule has 1 atom stereocenters. The molecule has 0 saturated heterocycles. The molecule has 0 aliphatic rings. The monoisotopic (exact) mass is 289 g/mol. The third-order valence-electron chi connectivity index (χ3n) is 3.81. The minimum atomic E-state index is -1.08. The lowest BCUT2D eigenvalue weighted by molar-refractivity contribution is -0.0783. The minimum Gasteiger partial charge on any atom is -0.364 e. The molecule has 2 aromatic rings. The van der Waals surface area contributed by atoms with Crippen LogP contribution in [0, 0.1) is 5.41 Å². The summed E-state index contributed by atoms with van der Waals surface area (Å²) in [5.41, 5.74) is 1.76. The number of pyridine rings is 1. The number of benzene rings is 1. The Morgan fingerprint density at radius 3 is 2.57 bits per heavy atom. The van der Waals surface area contributed by atoms with Gasteiger partial charge >= 0.3 is 0 Å². The molecule has 0 amide bonds. The van der Waals surface area contributed by atoms with Crippen molar-refractivity contribution in [3.05, 3.63) is 41.4 Å². The van der Waals surface area contributed by atoms with Gasteiger partial charge in [-0.15, -0.1) is 0 Å². The quantitative estimate of drug-likeness (QED) is 0.800. The van der Waals surface area contributed by atoms with Crippen molar-refractivity contribution in [3.63, 3.8) is 0 Å². The lowest BCUT2D eigenvalue weighted by Gasteiger charge is -2.23. The van der Waals surface area contributed by atoms with Crippen molar-refractivity contribution in [2.24, 2.45) is 0 Å². The van der Waals surface area contributed by atoms with Gasteiger partial charge in [0.05, 0.1) is 17.7 Å². The summed E-state index contributed by atoms with van der Waals surface area (Å²) in [6.07, 6.45) is -1.08. The number of methoxy groups -OCH3 is 1. The van der Waals surface area contributed by atoms with Gasteiger partial charge in [-0.3, -0.25) is 10.3 Å². The van der Waals surface area contributed by atoms with Gasteiger partial charge in [-0.2, -0.15) is 0 Å². The van der Waals surface area contributed by atoms with Crippen LogP contribution in [0.1, 0.15) is 25.7 Å². The van der Waals surface area contributed by atoms with E-state index in [-0.39, 0.29) is 5.49 Å². The Morgan fingerprint density at radius 2 is 1.95 bits per heavy atom. The third kappa shape index (κ3) is 3.15. The normalized spacial score (nSPS) is 13.0. The van der Waals surface area contributed by atoms with Crippen molar-refractivity contribution in [1.82, 2.24) is 9.47 Å². The maximum atomic E-state index is 9.97. The van der Waals surface area contributed by atoms with Crippen LogP contribution in [0.2, 0.25) is 0 Å². The second kappa shape index (κ2) is 6.85. The molecular weight excluding hydrogens is 266 g/mol. The van der Waals surface area contributed by atoms with E-state index in [2.05, 4.69) is 18.7 Å². The molecule has 0 radical (unpaired) electrons. The van der Waals surface area contributed by atoms with Crippen molar-refractivity contribution in [2.45, 2.75) is 26.8 Å². The smallest absolute Gasteiger partial charge is 0.184 e. The van der Waals surface area contributed by atoms with Crippen molar-refractivity contribution in [1.29, 1.82) is 5.41 Å². The molecule has 1 heterocycles. The van der Waals surface area contributed by atoms with E-state index in [0.29, 0.717) is 12.2 Å². The summed E-state index contributed by atoms with van der Waals surface area (Å²) in [5.74, 6) is 0. The van der Waals surface area contributed by atoms with E-state index in [1.54, 1.807) is 0 Å². The second-order valence-corrected chi connectivity index (χ2v) is 4.97. The Labute approximate surface area is 124 Å². The summed E-state index contributed by atoms with van der Waals surface area (Å²) in [6.45, 7) is 6.65. The zero-order valence-electron chi connectivity index (χ0n) is 12.8. The predicted molar refractivity (Wildman–Crippen MR) is 82.7 cm³/mol. The van der Waals surface area contributed by atoms with Gasteiger partial charge < -0.3 is 14.4 Å². The first-order chi connectivity index (χ1) is 10.1. The molecule has 1 aromatic carbocycles. The summed E-state index contributed by atoms with van der Waals surface area (Å²) < 4.78 is 6.90. The SMILES string of the molecule is CCN(CC)Cn1c(=N)c(C(O)OC)cc2ccccc21. The van der Waals surface area contributed by atoms with Crippen LogP contribution in [-0.2, 0) is 11.4 Å². The van der Waals surface area contributed by atoms with Crippen LogP contribution in [-0.4, -0.2) is 34.8 Å². The summed E-state index contributed by atoms with van der Waals surface area (Å²) >= 11 is 0. The first kappa shape index (κ1) is 15.7. The van der Waals surface area contributed by atoms with Crippen LogP contribution >= 0.6 is 0 Å². The number of nitrogens with one attached hydrogen (secondary N) is 1. The minimum absolute atomic E-state index is 0.287. The van der Waals surface area contributed by atoms with Crippen molar-refractivity contribution >= 4 is 10.9 Å². The van der Waals surface area contributed by atoms with Crippen LogP contribution < -0.4 is 5.49 Å². The van der Waals surface area contributed by atoms with Crippen molar-refractivity contribution < 1.29 is 9.84 Å². The molecule has 1 unspecified atom stereocenters. The molecular formula is C16H23N3O2. The first-order valence-electron chi connectivity index (χ1n) is 7.22. The largest absolute Gasteiger partial charge is 0.364 e. The van der Waals surface area contributed by atoms with E-state index >= 15 is 0 Å². The number of hydrogen-bond donors (Lipinski definition) is 2. The van der Waals surface area contributed by atoms with Gasteiger partial charge in [-0.1, -0.05) is 32.0 Å². The second-order valence-electron chi connectivity index (χ2n) is 4.97. The van der Waals surface area contributed by atoms with E-state index in [0.717, 1.165) is 24.0 Å². The number of aromatic nitrogens is 1. The number of para-hydroxylation sites is 1. The molecule has 2 rings (SSSR count). The molecule has 114 valence electrons. The number of hydrogen-bond acceptors (Lipinski definition) is 4. The van der Waals surface area contributed by atoms with Gasteiger partial charge in [0.25, 0.3) is 0 Å². The molecule has 0 fully saturated rings. The molecule has 0 saturated carbocycles. The first-order valence-corrected chi connectivity index (χ1v) is 7.22. The fourth-order valence-electron chi connectivity index (χ4n) is 2.45. The molecule has 5 nitrogen and oxygen atoms in total. The zero-order valence-corrected chi connectivity index (χ0v) is 12.8. The van der Waals surface area contributed by atoms with Gasteiger partial charge in [0.2, 0.25) is 0 Å². The fourth-order valence-corrected chi connectivity index (χ4v) is 2.45. The molecule has 5 heteroatoms. The topological polar surface area (TPSA) is 61.5 Å². The highest BCUT2D eigenvalue weighted by Crippen LogP contribution is 2.18. The average Bonchev–Trinajstić information content (AvgIpc) is 2.53.